The molecule has 1 atom stereocenters. The Bertz CT molecular complexity index is 1310. The van der Waals surface area contributed by atoms with Crippen LogP contribution in [0, 0.1) is 6.92 Å². The molecule has 0 aliphatic heterocycles. The van der Waals surface area contributed by atoms with E-state index in [1.54, 1.807) is 37.3 Å². The van der Waals surface area contributed by atoms with Crippen molar-refractivity contribution in [3.8, 4) is 0 Å². The Morgan fingerprint density at radius 2 is 1.65 bits per heavy atom. The number of benzene rings is 3. The van der Waals surface area contributed by atoms with Gasteiger partial charge in [0.15, 0.2) is 0 Å². The van der Waals surface area contributed by atoms with Crippen LogP contribution in [0.25, 0.3) is 0 Å². The minimum absolute atomic E-state index is 0.00697. The van der Waals surface area contributed by atoms with Crippen molar-refractivity contribution in [1.82, 2.24) is 10.2 Å². The van der Waals surface area contributed by atoms with Crippen molar-refractivity contribution in [3.63, 3.8) is 0 Å². The Balaban J connectivity index is 1.99. The molecule has 3 aromatic rings. The van der Waals surface area contributed by atoms with Crippen LogP contribution < -0.4 is 9.62 Å². The lowest BCUT2D eigenvalue weighted by Crippen LogP contribution is -2.51. The van der Waals surface area contributed by atoms with Gasteiger partial charge in [-0.15, -0.1) is 0 Å². The summed E-state index contributed by atoms with van der Waals surface area (Å²) < 4.78 is 28.4. The minimum atomic E-state index is -4.11. The van der Waals surface area contributed by atoms with Crippen LogP contribution in [0.5, 0.6) is 0 Å². The van der Waals surface area contributed by atoms with Gasteiger partial charge in [-0.3, -0.25) is 13.9 Å². The standard InChI is InChI=1S/C28H32ClN3O4S/c1-4-17-30-28(34)22(3)31(19-23-10-8-9-21(2)18-23)27(33)20-32(25-11-6-5-7-12-25)37(35,36)26-15-13-24(29)14-16-26/h5-16,18,22H,4,17,19-20H2,1-3H3,(H,30,34). The Labute approximate surface area is 224 Å². The monoisotopic (exact) mass is 541 g/mol. The van der Waals surface area contributed by atoms with Crippen LogP contribution in [-0.2, 0) is 26.2 Å². The predicted molar refractivity (Wildman–Crippen MR) is 147 cm³/mol. The first-order valence-electron chi connectivity index (χ1n) is 12.1. The average molecular weight is 542 g/mol. The topological polar surface area (TPSA) is 86.8 Å². The summed E-state index contributed by atoms with van der Waals surface area (Å²) >= 11 is 5.97. The lowest BCUT2D eigenvalue weighted by atomic mass is 10.1. The third kappa shape index (κ3) is 7.33. The first-order valence-corrected chi connectivity index (χ1v) is 13.9. The number of rotatable bonds is 11. The number of hydrogen-bond donors (Lipinski definition) is 1. The predicted octanol–water partition coefficient (Wildman–Crippen LogP) is 4.79. The Hall–Kier alpha value is -3.36. The number of halogens is 1. The molecule has 0 bridgehead atoms. The van der Waals surface area contributed by atoms with E-state index in [1.165, 1.54) is 29.2 Å². The zero-order chi connectivity index (χ0) is 27.0. The van der Waals surface area contributed by atoms with Crippen molar-refractivity contribution in [2.75, 3.05) is 17.4 Å². The molecule has 3 aromatic carbocycles. The van der Waals surface area contributed by atoms with Crippen molar-refractivity contribution in [2.24, 2.45) is 0 Å². The minimum Gasteiger partial charge on any atom is -0.354 e. The summed E-state index contributed by atoms with van der Waals surface area (Å²) in [5.41, 5.74) is 2.20. The van der Waals surface area contributed by atoms with Gasteiger partial charge in [-0.1, -0.05) is 66.6 Å². The van der Waals surface area contributed by atoms with Gasteiger partial charge in [-0.05, 0) is 62.2 Å². The zero-order valence-corrected chi connectivity index (χ0v) is 22.8. The van der Waals surface area contributed by atoms with Gasteiger partial charge in [0, 0.05) is 18.1 Å². The number of sulfonamides is 1. The van der Waals surface area contributed by atoms with Crippen LogP contribution in [0.15, 0.2) is 83.8 Å². The van der Waals surface area contributed by atoms with Gasteiger partial charge in [0.1, 0.15) is 12.6 Å². The molecule has 9 heteroatoms. The molecule has 0 fully saturated rings. The van der Waals surface area contributed by atoms with Gasteiger partial charge in [0.05, 0.1) is 10.6 Å². The summed E-state index contributed by atoms with van der Waals surface area (Å²) in [6.07, 6.45) is 0.755. The molecule has 7 nitrogen and oxygen atoms in total. The third-order valence-electron chi connectivity index (χ3n) is 5.88. The van der Waals surface area contributed by atoms with E-state index in [4.69, 9.17) is 11.6 Å². The maximum Gasteiger partial charge on any atom is 0.264 e. The molecule has 0 spiro atoms. The number of anilines is 1. The average Bonchev–Trinajstić information content (AvgIpc) is 2.89. The van der Waals surface area contributed by atoms with Gasteiger partial charge >= 0.3 is 0 Å². The van der Waals surface area contributed by atoms with E-state index in [0.717, 1.165) is 21.9 Å². The number of aryl methyl sites for hydroxylation is 1. The van der Waals surface area contributed by atoms with E-state index in [-0.39, 0.29) is 17.3 Å². The van der Waals surface area contributed by atoms with Crippen LogP contribution >= 0.6 is 11.6 Å². The van der Waals surface area contributed by atoms with Crippen molar-refractivity contribution in [3.05, 3.63) is 95.0 Å². The molecule has 1 N–H and O–H groups in total. The molecule has 0 aliphatic rings. The molecule has 3 rings (SSSR count). The number of amides is 2. The molecule has 1 unspecified atom stereocenters. The molecule has 0 saturated carbocycles. The maximum absolute atomic E-state index is 13.8. The number of nitrogens with one attached hydrogen (secondary N) is 1. The fraction of sp³-hybridized carbons (Fsp3) is 0.286. The second kappa shape index (κ2) is 12.7. The number of carbonyl (C=O) groups is 2. The van der Waals surface area contributed by atoms with Crippen molar-refractivity contribution < 1.29 is 18.0 Å². The Morgan fingerprint density at radius 3 is 2.27 bits per heavy atom. The second-order valence-corrected chi connectivity index (χ2v) is 11.1. The van der Waals surface area contributed by atoms with Gasteiger partial charge < -0.3 is 10.2 Å². The number of nitrogens with zero attached hydrogens (tertiary/aromatic N) is 2. The summed E-state index contributed by atoms with van der Waals surface area (Å²) in [5, 5.41) is 3.23. The molecule has 37 heavy (non-hydrogen) atoms. The molecule has 0 heterocycles. The molecular formula is C28H32ClN3O4S. The van der Waals surface area contributed by atoms with E-state index in [0.29, 0.717) is 17.3 Å². The summed E-state index contributed by atoms with van der Waals surface area (Å²) in [4.78, 5) is 28.1. The van der Waals surface area contributed by atoms with E-state index >= 15 is 0 Å². The van der Waals surface area contributed by atoms with Crippen LogP contribution in [0.4, 0.5) is 5.69 Å². The lowest BCUT2D eigenvalue weighted by molar-refractivity contribution is -0.139. The highest BCUT2D eigenvalue weighted by Gasteiger charge is 2.32. The lowest BCUT2D eigenvalue weighted by Gasteiger charge is -2.32. The fourth-order valence-corrected chi connectivity index (χ4v) is 5.38. The van der Waals surface area contributed by atoms with Crippen molar-refractivity contribution in [2.45, 2.75) is 44.7 Å². The third-order valence-corrected chi connectivity index (χ3v) is 7.92. The molecule has 0 aliphatic carbocycles. The Morgan fingerprint density at radius 1 is 0.973 bits per heavy atom. The number of carbonyl (C=O) groups excluding carboxylic acids is 2. The quantitative estimate of drug-likeness (QED) is 0.378. The highest BCUT2D eigenvalue weighted by Crippen LogP contribution is 2.25. The SMILES string of the molecule is CCCNC(=O)C(C)N(Cc1cccc(C)c1)C(=O)CN(c1ccccc1)S(=O)(=O)c1ccc(Cl)cc1. The maximum atomic E-state index is 13.8. The van der Waals surface area contributed by atoms with Crippen LogP contribution in [-0.4, -0.2) is 44.3 Å². The smallest absolute Gasteiger partial charge is 0.264 e. The van der Waals surface area contributed by atoms with Gasteiger partial charge in [0.25, 0.3) is 10.0 Å². The summed E-state index contributed by atoms with van der Waals surface area (Å²) in [6, 6.07) is 21.1. The molecule has 0 aromatic heterocycles. The summed E-state index contributed by atoms with van der Waals surface area (Å²) in [6.45, 7) is 5.70. The van der Waals surface area contributed by atoms with Crippen molar-refractivity contribution in [1.29, 1.82) is 0 Å². The van der Waals surface area contributed by atoms with Gasteiger partial charge in [0.2, 0.25) is 11.8 Å². The molecular weight excluding hydrogens is 510 g/mol. The largest absolute Gasteiger partial charge is 0.354 e. The molecule has 0 saturated heterocycles. The van der Waals surface area contributed by atoms with Crippen LogP contribution in [0.3, 0.4) is 0 Å². The molecule has 0 radical (unpaired) electrons. The summed E-state index contributed by atoms with van der Waals surface area (Å²) in [5.74, 6) is -0.795. The highest BCUT2D eigenvalue weighted by atomic mass is 35.5. The van der Waals surface area contributed by atoms with Crippen LogP contribution in [0.1, 0.15) is 31.4 Å². The van der Waals surface area contributed by atoms with E-state index < -0.39 is 28.5 Å². The highest BCUT2D eigenvalue weighted by molar-refractivity contribution is 7.92. The first-order chi connectivity index (χ1) is 17.6. The Kier molecular flexibility index (Phi) is 9.72. The molecule has 2 amide bonds. The zero-order valence-electron chi connectivity index (χ0n) is 21.2. The fourth-order valence-electron chi connectivity index (χ4n) is 3.84. The normalized spacial score (nSPS) is 12.0. The van der Waals surface area contributed by atoms with Gasteiger partial charge in [-0.25, -0.2) is 8.42 Å². The molecule has 196 valence electrons. The first kappa shape index (κ1) is 28.2. The van der Waals surface area contributed by atoms with E-state index in [2.05, 4.69) is 5.32 Å². The van der Waals surface area contributed by atoms with Gasteiger partial charge in [-0.2, -0.15) is 0 Å². The summed E-state index contributed by atoms with van der Waals surface area (Å²) in [7, 11) is -4.11. The number of para-hydroxylation sites is 1. The number of hydrogen-bond acceptors (Lipinski definition) is 4. The second-order valence-electron chi connectivity index (χ2n) is 8.78. The van der Waals surface area contributed by atoms with Crippen LogP contribution in [0.2, 0.25) is 5.02 Å². The van der Waals surface area contributed by atoms with Crippen molar-refractivity contribution >= 4 is 39.1 Å². The van der Waals surface area contributed by atoms with E-state index in [9.17, 15) is 18.0 Å². The van der Waals surface area contributed by atoms with E-state index in [1.807, 2.05) is 38.1 Å².